The van der Waals surface area contributed by atoms with Crippen molar-refractivity contribution in [3.05, 3.63) is 82.9 Å². The summed E-state index contributed by atoms with van der Waals surface area (Å²) in [6.07, 6.45) is -0.739. The van der Waals surface area contributed by atoms with E-state index < -0.39 is 12.1 Å². The van der Waals surface area contributed by atoms with Crippen LogP contribution in [0.15, 0.2) is 60.7 Å². The van der Waals surface area contributed by atoms with Crippen LogP contribution in [-0.2, 0) is 4.74 Å². The number of phenols is 2. The normalized spacial score (nSPS) is 13.7. The third kappa shape index (κ3) is 3.75. The maximum Gasteiger partial charge on any atom is 0.338 e. The fourth-order valence-electron chi connectivity index (χ4n) is 3.47. The summed E-state index contributed by atoms with van der Waals surface area (Å²) in [4.78, 5) is 12.3. The van der Waals surface area contributed by atoms with Crippen LogP contribution < -0.4 is 4.74 Å². The number of esters is 1. The third-order valence-electron chi connectivity index (χ3n) is 4.75. The maximum atomic E-state index is 12.3. The van der Waals surface area contributed by atoms with E-state index in [4.69, 9.17) is 9.47 Å². The van der Waals surface area contributed by atoms with Gasteiger partial charge in [0, 0.05) is 29.2 Å². The van der Waals surface area contributed by atoms with Gasteiger partial charge >= 0.3 is 5.97 Å². The second-order valence-corrected chi connectivity index (χ2v) is 7.05. The standard InChI is InChI=1S/C23H20O6/c1-13(24)12-28-23(27)15-4-2-3-14(9-15)22-18-7-5-16(25)10-20(18)29-21-11-17(26)6-8-19(21)22/h2-11,13,22,24-26H,12H2,1H3. The Morgan fingerprint density at radius 2 is 1.62 bits per heavy atom. The van der Waals surface area contributed by atoms with Crippen LogP contribution in [0.2, 0.25) is 0 Å². The molecule has 0 saturated heterocycles. The molecule has 3 aromatic carbocycles. The minimum Gasteiger partial charge on any atom is -0.508 e. The number of ether oxygens (including phenoxy) is 2. The predicted octanol–water partition coefficient (Wildman–Crippen LogP) is 3.92. The van der Waals surface area contributed by atoms with Crippen LogP contribution >= 0.6 is 0 Å². The van der Waals surface area contributed by atoms with E-state index in [-0.39, 0.29) is 24.0 Å². The summed E-state index contributed by atoms with van der Waals surface area (Å²) < 4.78 is 11.0. The lowest BCUT2D eigenvalue weighted by molar-refractivity contribution is 0.0296. The summed E-state index contributed by atoms with van der Waals surface area (Å²) in [6, 6.07) is 16.8. The second-order valence-electron chi connectivity index (χ2n) is 7.05. The average Bonchev–Trinajstić information content (AvgIpc) is 2.70. The molecule has 1 atom stereocenters. The van der Waals surface area contributed by atoms with Crippen molar-refractivity contribution in [1.82, 2.24) is 0 Å². The first-order chi connectivity index (χ1) is 13.9. The summed E-state index contributed by atoms with van der Waals surface area (Å²) in [6.45, 7) is 1.47. The molecule has 29 heavy (non-hydrogen) atoms. The lowest BCUT2D eigenvalue weighted by atomic mass is 9.82. The van der Waals surface area contributed by atoms with E-state index in [1.807, 2.05) is 6.07 Å². The van der Waals surface area contributed by atoms with E-state index in [2.05, 4.69) is 0 Å². The molecule has 0 saturated carbocycles. The van der Waals surface area contributed by atoms with Gasteiger partial charge in [-0.15, -0.1) is 0 Å². The van der Waals surface area contributed by atoms with Gasteiger partial charge in [-0.05, 0) is 36.8 Å². The molecule has 6 nitrogen and oxygen atoms in total. The second kappa shape index (κ2) is 7.48. The Bertz CT molecular complexity index is 1020. The van der Waals surface area contributed by atoms with Gasteiger partial charge in [0.2, 0.25) is 0 Å². The number of carbonyl (C=O) groups excluding carboxylic acids is 1. The molecule has 0 aromatic heterocycles. The largest absolute Gasteiger partial charge is 0.508 e. The maximum absolute atomic E-state index is 12.3. The minimum atomic E-state index is -0.739. The molecule has 1 unspecified atom stereocenters. The molecule has 0 spiro atoms. The van der Waals surface area contributed by atoms with Gasteiger partial charge in [-0.1, -0.05) is 24.3 Å². The third-order valence-corrected chi connectivity index (χ3v) is 4.75. The number of benzene rings is 3. The molecular weight excluding hydrogens is 372 g/mol. The van der Waals surface area contributed by atoms with Crippen molar-refractivity contribution in [1.29, 1.82) is 0 Å². The zero-order chi connectivity index (χ0) is 20.5. The van der Waals surface area contributed by atoms with Crippen LogP contribution in [0.3, 0.4) is 0 Å². The molecule has 6 heteroatoms. The summed E-state index contributed by atoms with van der Waals surface area (Å²) in [5, 5.41) is 29.1. The minimum absolute atomic E-state index is 0.0709. The van der Waals surface area contributed by atoms with E-state index in [1.165, 1.54) is 12.1 Å². The summed E-state index contributed by atoms with van der Waals surface area (Å²) in [5.41, 5.74) is 2.86. The van der Waals surface area contributed by atoms with E-state index in [9.17, 15) is 20.1 Å². The molecule has 3 N–H and O–H groups in total. The molecule has 1 aliphatic heterocycles. The molecular formula is C23H20O6. The van der Waals surface area contributed by atoms with Gasteiger partial charge in [-0.3, -0.25) is 0 Å². The first-order valence-corrected chi connectivity index (χ1v) is 9.21. The topological polar surface area (TPSA) is 96.2 Å². The number of fused-ring (bicyclic) bond motifs is 2. The Labute approximate surface area is 167 Å². The highest BCUT2D eigenvalue weighted by Gasteiger charge is 2.29. The first kappa shape index (κ1) is 18.8. The van der Waals surface area contributed by atoms with Crippen molar-refractivity contribution in [2.45, 2.75) is 18.9 Å². The van der Waals surface area contributed by atoms with Crippen LogP contribution in [0.4, 0.5) is 0 Å². The Balaban J connectivity index is 1.79. The Morgan fingerprint density at radius 1 is 1.00 bits per heavy atom. The number of hydrogen-bond donors (Lipinski definition) is 3. The van der Waals surface area contributed by atoms with Crippen molar-refractivity contribution < 1.29 is 29.6 Å². The number of carbonyl (C=O) groups is 1. The number of hydrogen-bond acceptors (Lipinski definition) is 6. The molecule has 0 fully saturated rings. The van der Waals surface area contributed by atoms with Crippen LogP contribution in [0.25, 0.3) is 0 Å². The zero-order valence-corrected chi connectivity index (χ0v) is 15.7. The van der Waals surface area contributed by atoms with E-state index >= 15 is 0 Å². The average molecular weight is 392 g/mol. The highest BCUT2D eigenvalue weighted by molar-refractivity contribution is 5.89. The lowest BCUT2D eigenvalue weighted by Gasteiger charge is -2.29. The van der Waals surface area contributed by atoms with Gasteiger partial charge in [0.05, 0.1) is 11.7 Å². The quantitative estimate of drug-likeness (QED) is 0.456. The monoisotopic (exact) mass is 392 g/mol. The number of aromatic hydroxyl groups is 2. The van der Waals surface area contributed by atoms with Crippen molar-refractivity contribution in [2.75, 3.05) is 6.61 Å². The van der Waals surface area contributed by atoms with Gasteiger partial charge in [-0.25, -0.2) is 4.79 Å². The molecule has 4 rings (SSSR count). The smallest absolute Gasteiger partial charge is 0.338 e. The molecule has 3 aromatic rings. The SMILES string of the molecule is CC(O)COC(=O)c1cccc(C2c3ccc(O)cc3Oc3cc(O)ccc32)c1. The Kier molecular flexibility index (Phi) is 4.86. The molecule has 1 heterocycles. The molecule has 0 amide bonds. The van der Waals surface area contributed by atoms with Gasteiger partial charge < -0.3 is 24.8 Å². The molecule has 1 aliphatic rings. The summed E-state index contributed by atoms with van der Waals surface area (Å²) in [7, 11) is 0. The van der Waals surface area contributed by atoms with Gasteiger partial charge in [-0.2, -0.15) is 0 Å². The molecule has 148 valence electrons. The zero-order valence-electron chi connectivity index (χ0n) is 15.7. The van der Waals surface area contributed by atoms with Crippen molar-refractivity contribution in [3.8, 4) is 23.0 Å². The highest BCUT2D eigenvalue weighted by atomic mass is 16.5. The Hall–Kier alpha value is -3.51. The number of phenolic OH excluding ortho intramolecular Hbond substituents is 2. The van der Waals surface area contributed by atoms with E-state index in [0.717, 1.165) is 16.7 Å². The number of aliphatic hydroxyl groups is 1. The highest BCUT2D eigenvalue weighted by Crippen LogP contribution is 2.49. The Morgan fingerprint density at radius 3 is 2.21 bits per heavy atom. The summed E-state index contributed by atoms with van der Waals surface area (Å²) in [5.74, 6) is 0.324. The molecule has 0 radical (unpaired) electrons. The summed E-state index contributed by atoms with van der Waals surface area (Å²) >= 11 is 0. The van der Waals surface area contributed by atoms with Crippen LogP contribution in [0.1, 0.15) is 39.9 Å². The van der Waals surface area contributed by atoms with Crippen molar-refractivity contribution >= 4 is 5.97 Å². The van der Waals surface area contributed by atoms with Crippen molar-refractivity contribution in [2.24, 2.45) is 0 Å². The van der Waals surface area contributed by atoms with E-state index in [0.29, 0.717) is 17.1 Å². The van der Waals surface area contributed by atoms with Crippen LogP contribution in [-0.4, -0.2) is 34.0 Å². The van der Waals surface area contributed by atoms with Crippen molar-refractivity contribution in [3.63, 3.8) is 0 Å². The fourth-order valence-corrected chi connectivity index (χ4v) is 3.47. The predicted molar refractivity (Wildman–Crippen MR) is 106 cm³/mol. The fraction of sp³-hybridized carbons (Fsp3) is 0.174. The van der Waals surface area contributed by atoms with Gasteiger partial charge in [0.1, 0.15) is 29.6 Å². The van der Waals surface area contributed by atoms with Gasteiger partial charge in [0.25, 0.3) is 0 Å². The van der Waals surface area contributed by atoms with Crippen LogP contribution in [0, 0.1) is 0 Å². The first-order valence-electron chi connectivity index (χ1n) is 9.21. The molecule has 0 bridgehead atoms. The molecule has 0 aliphatic carbocycles. The lowest BCUT2D eigenvalue weighted by Crippen LogP contribution is -2.16. The number of aliphatic hydroxyl groups excluding tert-OH is 1. The van der Waals surface area contributed by atoms with E-state index in [1.54, 1.807) is 49.4 Å². The van der Waals surface area contributed by atoms with Crippen LogP contribution in [0.5, 0.6) is 23.0 Å². The number of rotatable bonds is 4. The van der Waals surface area contributed by atoms with Gasteiger partial charge in [0.15, 0.2) is 0 Å².